The average molecular weight is 295 g/mol. The zero-order chi connectivity index (χ0) is 15.9. The first kappa shape index (κ1) is 16.7. The van der Waals surface area contributed by atoms with Gasteiger partial charge in [0, 0.05) is 11.9 Å². The van der Waals surface area contributed by atoms with Crippen LogP contribution in [-0.4, -0.2) is 4.98 Å². The molecule has 0 unspecified atom stereocenters. The molecule has 1 saturated carbocycles. The van der Waals surface area contributed by atoms with Crippen LogP contribution >= 0.6 is 0 Å². The zero-order valence-electron chi connectivity index (χ0n) is 14.3. The Bertz CT molecular complexity index is 540. The Kier molecular flexibility index (Phi) is 6.18. The van der Waals surface area contributed by atoms with Gasteiger partial charge in [0.1, 0.15) is 0 Å². The summed E-state index contributed by atoms with van der Waals surface area (Å²) in [5.41, 5.74) is 4.69. The van der Waals surface area contributed by atoms with E-state index in [0.29, 0.717) is 0 Å². The fraction of sp³-hybridized carbons (Fsp3) is 0.476. The predicted octanol–water partition coefficient (Wildman–Crippen LogP) is 5.99. The molecule has 2 rings (SSSR count). The van der Waals surface area contributed by atoms with Gasteiger partial charge in [-0.3, -0.25) is 4.98 Å². The minimum absolute atomic E-state index is 0.832. The molecule has 22 heavy (non-hydrogen) atoms. The molecule has 0 N–H and O–H groups in total. The van der Waals surface area contributed by atoms with Crippen LogP contribution in [0.4, 0.5) is 0 Å². The van der Waals surface area contributed by atoms with Gasteiger partial charge in [-0.2, -0.15) is 0 Å². The topological polar surface area (TPSA) is 12.9 Å². The highest BCUT2D eigenvalue weighted by Crippen LogP contribution is 2.30. The lowest BCUT2D eigenvalue weighted by Gasteiger charge is -2.25. The van der Waals surface area contributed by atoms with Crippen LogP contribution in [0.25, 0.3) is 5.57 Å². The van der Waals surface area contributed by atoms with Crippen LogP contribution in [0.15, 0.2) is 48.7 Å². The molecule has 1 aliphatic carbocycles. The summed E-state index contributed by atoms with van der Waals surface area (Å²) in [7, 11) is 0. The van der Waals surface area contributed by atoms with Crippen molar-refractivity contribution < 1.29 is 0 Å². The summed E-state index contributed by atoms with van der Waals surface area (Å²) in [6.07, 6.45) is 14.9. The first-order valence-electron chi connectivity index (χ1n) is 8.53. The lowest BCUT2D eigenvalue weighted by Crippen LogP contribution is -2.14. The van der Waals surface area contributed by atoms with E-state index in [1.807, 2.05) is 19.2 Å². The molecule has 1 fully saturated rings. The summed E-state index contributed by atoms with van der Waals surface area (Å²) in [4.78, 5) is 4.69. The van der Waals surface area contributed by atoms with Crippen molar-refractivity contribution in [2.45, 2.75) is 52.9 Å². The van der Waals surface area contributed by atoms with E-state index >= 15 is 0 Å². The van der Waals surface area contributed by atoms with Gasteiger partial charge in [0.25, 0.3) is 0 Å². The van der Waals surface area contributed by atoms with E-state index in [9.17, 15) is 0 Å². The van der Waals surface area contributed by atoms with E-state index in [1.165, 1.54) is 42.5 Å². The van der Waals surface area contributed by atoms with Gasteiger partial charge in [-0.15, -0.1) is 0 Å². The minimum atomic E-state index is 0.832. The molecule has 1 heterocycles. The Balaban J connectivity index is 1.99. The molecule has 1 heteroatoms. The second-order valence-electron chi connectivity index (χ2n) is 6.79. The van der Waals surface area contributed by atoms with Crippen molar-refractivity contribution in [1.29, 1.82) is 0 Å². The second kappa shape index (κ2) is 8.12. The molecule has 1 nitrogen and oxygen atoms in total. The highest BCUT2D eigenvalue weighted by atomic mass is 14.7. The van der Waals surface area contributed by atoms with Crippen LogP contribution in [0.5, 0.6) is 0 Å². The number of hydrogen-bond acceptors (Lipinski definition) is 1. The lowest BCUT2D eigenvalue weighted by atomic mass is 9.81. The monoisotopic (exact) mass is 295 g/mol. The van der Waals surface area contributed by atoms with Crippen LogP contribution < -0.4 is 0 Å². The van der Waals surface area contributed by atoms with Crippen molar-refractivity contribution in [3.8, 4) is 0 Å². The molecule has 0 aliphatic heterocycles. The molecule has 1 aromatic heterocycles. The summed E-state index contributed by atoms with van der Waals surface area (Å²) in [5, 5.41) is 0. The largest absolute Gasteiger partial charge is 0.261 e. The molecule has 0 bridgehead atoms. The van der Waals surface area contributed by atoms with Crippen LogP contribution in [0.1, 0.15) is 57.7 Å². The maximum atomic E-state index is 4.69. The summed E-state index contributed by atoms with van der Waals surface area (Å²) in [5.74, 6) is 1.75. The van der Waals surface area contributed by atoms with E-state index in [-0.39, 0.29) is 0 Å². The molecule has 0 amide bonds. The lowest BCUT2D eigenvalue weighted by molar-refractivity contribution is 0.287. The fourth-order valence-electron chi connectivity index (χ4n) is 3.14. The number of hydrogen-bond donors (Lipinski definition) is 0. The standard InChI is InChI=1S/C21H29N/c1-5-19(11-6-16(2)3)20-12-13-21(22-15-20)14-18-9-7-17(4)8-10-18/h5-6,11-13,15,17-18H,2,7-10,14H2,1,3-4H3/b11-6-,19-5+. The second-order valence-corrected chi connectivity index (χ2v) is 6.79. The smallest absolute Gasteiger partial charge is 0.0406 e. The molecule has 1 aromatic rings. The third-order valence-electron chi connectivity index (χ3n) is 4.65. The molecule has 0 spiro atoms. The van der Waals surface area contributed by atoms with Crippen molar-refractivity contribution >= 4 is 5.57 Å². The van der Waals surface area contributed by atoms with E-state index in [0.717, 1.165) is 23.8 Å². The van der Waals surface area contributed by atoms with Crippen LogP contribution in [0, 0.1) is 11.8 Å². The average Bonchev–Trinajstić information content (AvgIpc) is 2.51. The number of nitrogens with zero attached hydrogens (tertiary/aromatic N) is 1. The van der Waals surface area contributed by atoms with Gasteiger partial charge < -0.3 is 0 Å². The Morgan fingerprint density at radius 1 is 1.23 bits per heavy atom. The Labute approximate surface area is 135 Å². The highest BCUT2D eigenvalue weighted by Gasteiger charge is 2.18. The minimum Gasteiger partial charge on any atom is -0.261 e. The van der Waals surface area contributed by atoms with E-state index in [2.05, 4.69) is 44.7 Å². The Hall–Kier alpha value is -1.63. The van der Waals surface area contributed by atoms with Crippen molar-refractivity contribution in [2.24, 2.45) is 11.8 Å². The van der Waals surface area contributed by atoms with Crippen molar-refractivity contribution in [3.05, 3.63) is 60.0 Å². The maximum absolute atomic E-state index is 4.69. The quantitative estimate of drug-likeness (QED) is 0.608. The van der Waals surface area contributed by atoms with Crippen molar-refractivity contribution in [1.82, 2.24) is 4.98 Å². The van der Waals surface area contributed by atoms with Gasteiger partial charge >= 0.3 is 0 Å². The number of aromatic nitrogens is 1. The van der Waals surface area contributed by atoms with Gasteiger partial charge in [0.2, 0.25) is 0 Å². The molecule has 1 aliphatic rings. The SMILES string of the molecule is C=C(C)/C=C\C(=C/C)c1ccc(CC2CCC(C)CC2)nc1. The van der Waals surface area contributed by atoms with Gasteiger partial charge in [-0.05, 0) is 62.1 Å². The van der Waals surface area contributed by atoms with E-state index in [4.69, 9.17) is 4.98 Å². The Morgan fingerprint density at radius 2 is 1.95 bits per heavy atom. The molecule has 0 atom stereocenters. The van der Waals surface area contributed by atoms with Crippen LogP contribution in [0.2, 0.25) is 0 Å². The number of rotatable bonds is 5. The fourth-order valence-corrected chi connectivity index (χ4v) is 3.14. The van der Waals surface area contributed by atoms with Crippen molar-refractivity contribution in [2.75, 3.05) is 0 Å². The summed E-state index contributed by atoms with van der Waals surface area (Å²) < 4.78 is 0. The molecular weight excluding hydrogens is 266 g/mol. The molecular formula is C21H29N. The predicted molar refractivity (Wildman–Crippen MR) is 96.7 cm³/mol. The number of allylic oxidation sites excluding steroid dienone is 5. The normalized spacial score (nSPS) is 23.0. The van der Waals surface area contributed by atoms with Crippen LogP contribution in [-0.2, 0) is 6.42 Å². The Morgan fingerprint density at radius 3 is 2.50 bits per heavy atom. The first-order chi connectivity index (χ1) is 10.6. The molecule has 0 aromatic carbocycles. The molecule has 0 saturated heterocycles. The van der Waals surface area contributed by atoms with Crippen LogP contribution in [0.3, 0.4) is 0 Å². The van der Waals surface area contributed by atoms with Crippen molar-refractivity contribution in [3.63, 3.8) is 0 Å². The van der Waals surface area contributed by atoms with Gasteiger partial charge in [0.15, 0.2) is 0 Å². The zero-order valence-corrected chi connectivity index (χ0v) is 14.3. The summed E-state index contributed by atoms with van der Waals surface area (Å²) in [6, 6.07) is 4.40. The molecule has 0 radical (unpaired) electrons. The van der Waals surface area contributed by atoms with E-state index < -0.39 is 0 Å². The summed E-state index contributed by atoms with van der Waals surface area (Å²) >= 11 is 0. The number of pyridine rings is 1. The van der Waals surface area contributed by atoms with E-state index in [1.54, 1.807) is 0 Å². The third kappa shape index (κ3) is 4.98. The first-order valence-corrected chi connectivity index (χ1v) is 8.53. The van der Waals surface area contributed by atoms with Gasteiger partial charge in [-0.25, -0.2) is 0 Å². The van der Waals surface area contributed by atoms with Gasteiger partial charge in [-0.1, -0.05) is 56.2 Å². The maximum Gasteiger partial charge on any atom is 0.0406 e. The third-order valence-corrected chi connectivity index (χ3v) is 4.65. The van der Waals surface area contributed by atoms with Gasteiger partial charge in [0.05, 0.1) is 0 Å². The highest BCUT2D eigenvalue weighted by molar-refractivity contribution is 5.73. The summed E-state index contributed by atoms with van der Waals surface area (Å²) in [6.45, 7) is 10.4. The molecule has 118 valence electrons.